The van der Waals surface area contributed by atoms with Gasteiger partial charge in [-0.3, -0.25) is 14.5 Å². The molecule has 0 unspecified atom stereocenters. The fraction of sp³-hybridized carbons (Fsp3) is 0.367. The molecule has 8 heteroatoms. The molecule has 38 heavy (non-hydrogen) atoms. The van der Waals surface area contributed by atoms with Crippen molar-refractivity contribution >= 4 is 29.0 Å². The first-order valence-corrected chi connectivity index (χ1v) is 13.4. The number of aromatic nitrogens is 1. The van der Waals surface area contributed by atoms with E-state index in [1.54, 1.807) is 0 Å². The van der Waals surface area contributed by atoms with Crippen LogP contribution in [0.5, 0.6) is 0 Å². The van der Waals surface area contributed by atoms with E-state index in [9.17, 15) is 9.59 Å². The fourth-order valence-corrected chi connectivity index (χ4v) is 4.85. The number of pyridine rings is 1. The number of anilines is 3. The van der Waals surface area contributed by atoms with Gasteiger partial charge in [-0.2, -0.15) is 0 Å². The molecule has 0 saturated carbocycles. The number of amides is 2. The van der Waals surface area contributed by atoms with Crippen LogP contribution in [0.4, 0.5) is 17.2 Å². The van der Waals surface area contributed by atoms with Crippen molar-refractivity contribution in [3.05, 3.63) is 83.6 Å². The summed E-state index contributed by atoms with van der Waals surface area (Å²) in [5, 5.41) is 6.64. The summed E-state index contributed by atoms with van der Waals surface area (Å²) in [5.74, 6) is 0.783. The lowest BCUT2D eigenvalue weighted by atomic mass is 9.89. The van der Waals surface area contributed by atoms with Gasteiger partial charge in [-0.25, -0.2) is 4.98 Å². The molecule has 1 aliphatic heterocycles. The Morgan fingerprint density at radius 1 is 1.03 bits per heavy atom. The second-order valence-corrected chi connectivity index (χ2v) is 9.68. The number of likely N-dealkylation sites (tertiary alicyclic amines) is 1. The summed E-state index contributed by atoms with van der Waals surface area (Å²) < 4.78 is 0. The maximum absolute atomic E-state index is 12.6. The molecule has 2 aromatic carbocycles. The Labute approximate surface area is 225 Å². The highest BCUT2D eigenvalue weighted by atomic mass is 16.2. The molecule has 0 radical (unpaired) electrons. The van der Waals surface area contributed by atoms with Gasteiger partial charge in [-0.05, 0) is 55.1 Å². The highest BCUT2D eigenvalue weighted by Crippen LogP contribution is 2.30. The largest absolute Gasteiger partial charge is 0.380 e. The molecular formula is C30H38N6O2. The fourth-order valence-electron chi connectivity index (χ4n) is 4.85. The van der Waals surface area contributed by atoms with E-state index in [4.69, 9.17) is 5.73 Å². The standard InChI is InChI=1S/C30H38N6O2/c1-3-35(4-2)21-29(37)36-16-14-24(15-17-36)23-10-12-25(13-11-23)34-28-18-27(26(20-33-28)30(31)38)32-19-22-8-6-5-7-9-22/h5-13,18,20,24H,3-4,14-17,19,21H2,1-2H3,(H2,31,38)(H2,32,33,34). The normalized spacial score (nSPS) is 13.9. The number of piperidine rings is 1. The minimum atomic E-state index is -0.523. The molecule has 0 spiro atoms. The number of likely N-dealkylation sites (N-methyl/N-ethyl adjacent to an activating group) is 1. The molecule has 1 fully saturated rings. The molecule has 3 aromatic rings. The zero-order valence-electron chi connectivity index (χ0n) is 22.3. The van der Waals surface area contributed by atoms with E-state index in [1.165, 1.54) is 11.8 Å². The summed E-state index contributed by atoms with van der Waals surface area (Å²) in [5.41, 5.74) is 9.85. The Morgan fingerprint density at radius 2 is 1.71 bits per heavy atom. The molecule has 1 aliphatic rings. The summed E-state index contributed by atoms with van der Waals surface area (Å²) >= 11 is 0. The van der Waals surface area contributed by atoms with Crippen molar-refractivity contribution < 1.29 is 9.59 Å². The number of carbonyl (C=O) groups is 2. The zero-order valence-corrected chi connectivity index (χ0v) is 22.3. The van der Waals surface area contributed by atoms with E-state index in [0.29, 0.717) is 36.1 Å². The molecule has 1 saturated heterocycles. The van der Waals surface area contributed by atoms with Gasteiger partial charge < -0.3 is 21.3 Å². The molecule has 2 heterocycles. The molecule has 200 valence electrons. The third-order valence-electron chi connectivity index (χ3n) is 7.25. The molecule has 0 bridgehead atoms. The molecule has 4 rings (SSSR count). The number of carbonyl (C=O) groups excluding carboxylic acids is 2. The van der Waals surface area contributed by atoms with E-state index >= 15 is 0 Å². The first-order valence-electron chi connectivity index (χ1n) is 13.4. The van der Waals surface area contributed by atoms with Crippen LogP contribution in [0.25, 0.3) is 0 Å². The van der Waals surface area contributed by atoms with Crippen LogP contribution < -0.4 is 16.4 Å². The molecule has 0 atom stereocenters. The Balaban J connectivity index is 1.35. The number of primary amides is 1. The predicted octanol–water partition coefficient (Wildman–Crippen LogP) is 4.58. The summed E-state index contributed by atoms with van der Waals surface area (Å²) in [6.07, 6.45) is 3.45. The topological polar surface area (TPSA) is 104 Å². The molecule has 4 N–H and O–H groups in total. The number of nitrogens with zero attached hydrogens (tertiary/aromatic N) is 3. The van der Waals surface area contributed by atoms with Crippen molar-refractivity contribution in [2.75, 3.05) is 43.4 Å². The van der Waals surface area contributed by atoms with Gasteiger partial charge in [-0.15, -0.1) is 0 Å². The van der Waals surface area contributed by atoms with Crippen LogP contribution in [-0.4, -0.2) is 59.3 Å². The summed E-state index contributed by atoms with van der Waals surface area (Å²) in [6, 6.07) is 20.2. The van der Waals surface area contributed by atoms with Gasteiger partial charge in [0.25, 0.3) is 5.91 Å². The van der Waals surface area contributed by atoms with Crippen LogP contribution >= 0.6 is 0 Å². The van der Waals surface area contributed by atoms with Crippen LogP contribution in [0.2, 0.25) is 0 Å². The number of nitrogens with two attached hydrogens (primary N) is 1. The maximum Gasteiger partial charge on any atom is 0.252 e. The minimum Gasteiger partial charge on any atom is -0.380 e. The van der Waals surface area contributed by atoms with Crippen molar-refractivity contribution in [2.24, 2.45) is 5.73 Å². The van der Waals surface area contributed by atoms with Crippen LogP contribution in [-0.2, 0) is 11.3 Å². The van der Waals surface area contributed by atoms with E-state index < -0.39 is 5.91 Å². The third kappa shape index (κ3) is 7.10. The highest BCUT2D eigenvalue weighted by Gasteiger charge is 2.24. The van der Waals surface area contributed by atoms with Crippen molar-refractivity contribution in [1.82, 2.24) is 14.8 Å². The van der Waals surface area contributed by atoms with Gasteiger partial charge in [0.05, 0.1) is 17.8 Å². The van der Waals surface area contributed by atoms with Crippen molar-refractivity contribution in [2.45, 2.75) is 39.2 Å². The number of hydrogen-bond acceptors (Lipinski definition) is 6. The predicted molar refractivity (Wildman–Crippen MR) is 153 cm³/mol. The van der Waals surface area contributed by atoms with Gasteiger partial charge >= 0.3 is 0 Å². The number of hydrogen-bond donors (Lipinski definition) is 3. The molecular weight excluding hydrogens is 476 g/mol. The average molecular weight is 515 g/mol. The lowest BCUT2D eigenvalue weighted by molar-refractivity contribution is -0.133. The highest BCUT2D eigenvalue weighted by molar-refractivity contribution is 5.98. The monoisotopic (exact) mass is 514 g/mol. The Bertz CT molecular complexity index is 1200. The number of rotatable bonds is 11. The van der Waals surface area contributed by atoms with E-state index in [0.717, 1.165) is 50.3 Å². The van der Waals surface area contributed by atoms with Crippen LogP contribution in [0.1, 0.15) is 54.1 Å². The van der Waals surface area contributed by atoms with E-state index in [1.807, 2.05) is 53.4 Å². The van der Waals surface area contributed by atoms with Gasteiger partial charge in [0.1, 0.15) is 5.82 Å². The van der Waals surface area contributed by atoms with E-state index in [2.05, 4.69) is 46.5 Å². The lowest BCUT2D eigenvalue weighted by Crippen LogP contribution is -2.43. The smallest absolute Gasteiger partial charge is 0.252 e. The first kappa shape index (κ1) is 27.1. The summed E-state index contributed by atoms with van der Waals surface area (Å²) in [7, 11) is 0. The van der Waals surface area contributed by atoms with Gasteiger partial charge in [-0.1, -0.05) is 56.3 Å². The first-order chi connectivity index (χ1) is 18.5. The van der Waals surface area contributed by atoms with Gasteiger partial charge in [0, 0.05) is 37.6 Å². The average Bonchev–Trinajstić information content (AvgIpc) is 2.95. The number of nitrogens with one attached hydrogen (secondary N) is 2. The Morgan fingerprint density at radius 3 is 2.34 bits per heavy atom. The van der Waals surface area contributed by atoms with Crippen molar-refractivity contribution in [3.8, 4) is 0 Å². The molecule has 2 amide bonds. The van der Waals surface area contributed by atoms with Crippen molar-refractivity contribution in [3.63, 3.8) is 0 Å². The molecule has 1 aromatic heterocycles. The van der Waals surface area contributed by atoms with E-state index in [-0.39, 0.29) is 5.91 Å². The second-order valence-electron chi connectivity index (χ2n) is 9.68. The maximum atomic E-state index is 12.6. The lowest BCUT2D eigenvalue weighted by Gasteiger charge is -2.33. The number of benzene rings is 2. The second kappa shape index (κ2) is 13.1. The molecule has 0 aliphatic carbocycles. The quantitative estimate of drug-likeness (QED) is 0.346. The molecule has 8 nitrogen and oxygen atoms in total. The van der Waals surface area contributed by atoms with Crippen molar-refractivity contribution in [1.29, 1.82) is 0 Å². The SMILES string of the molecule is CCN(CC)CC(=O)N1CCC(c2ccc(Nc3cc(NCc4ccccc4)c(C(N)=O)cn3)cc2)CC1. The summed E-state index contributed by atoms with van der Waals surface area (Å²) in [6.45, 7) is 8.67. The minimum absolute atomic E-state index is 0.235. The van der Waals surface area contributed by atoms with Gasteiger partial charge in [0.15, 0.2) is 0 Å². The third-order valence-corrected chi connectivity index (χ3v) is 7.25. The van der Waals surface area contributed by atoms with Gasteiger partial charge in [0.2, 0.25) is 5.91 Å². The zero-order chi connectivity index (χ0) is 26.9. The van der Waals surface area contributed by atoms with Crippen LogP contribution in [0.15, 0.2) is 66.9 Å². The summed E-state index contributed by atoms with van der Waals surface area (Å²) in [4.78, 5) is 33.1. The Hall–Kier alpha value is -3.91. The Kier molecular flexibility index (Phi) is 9.32. The van der Waals surface area contributed by atoms with Crippen LogP contribution in [0.3, 0.4) is 0 Å². The van der Waals surface area contributed by atoms with Crippen LogP contribution in [0, 0.1) is 0 Å².